The summed E-state index contributed by atoms with van der Waals surface area (Å²) >= 11 is 0. The van der Waals surface area contributed by atoms with E-state index in [-0.39, 0.29) is 24.2 Å². The lowest BCUT2D eigenvalue weighted by atomic mass is 10.1. The van der Waals surface area contributed by atoms with Gasteiger partial charge in [0.1, 0.15) is 12.4 Å². The smallest absolute Gasteiger partial charge is 0.153 e. The van der Waals surface area contributed by atoms with Crippen LogP contribution in [-0.4, -0.2) is 31.6 Å². The van der Waals surface area contributed by atoms with Gasteiger partial charge in [-0.2, -0.15) is 0 Å². The monoisotopic (exact) mass is 284 g/mol. The second-order valence-electron chi connectivity index (χ2n) is 4.92. The van der Waals surface area contributed by atoms with Crippen molar-refractivity contribution in [2.75, 3.05) is 18.1 Å². The number of sulfone groups is 1. The van der Waals surface area contributed by atoms with Crippen molar-refractivity contribution in [3.05, 3.63) is 29.3 Å². The number of aryl methyl sites for hydroxylation is 1. The van der Waals surface area contributed by atoms with Gasteiger partial charge < -0.3 is 9.84 Å². The molecule has 0 spiro atoms. The number of fused-ring (bicyclic) bond motifs is 1. The van der Waals surface area contributed by atoms with Crippen molar-refractivity contribution in [3.8, 4) is 5.75 Å². The van der Waals surface area contributed by atoms with Crippen LogP contribution in [0.1, 0.15) is 37.0 Å². The van der Waals surface area contributed by atoms with E-state index >= 15 is 0 Å². The molecule has 106 valence electrons. The van der Waals surface area contributed by atoms with Crippen LogP contribution < -0.4 is 4.74 Å². The molecule has 1 aliphatic rings. The molecule has 0 bridgehead atoms. The Labute approximate surface area is 114 Å². The predicted molar refractivity (Wildman–Crippen MR) is 74.2 cm³/mol. The average molecular weight is 284 g/mol. The molecule has 0 saturated heterocycles. The topological polar surface area (TPSA) is 63.6 Å². The van der Waals surface area contributed by atoms with Gasteiger partial charge in [0.25, 0.3) is 0 Å². The first kappa shape index (κ1) is 14.3. The van der Waals surface area contributed by atoms with Gasteiger partial charge in [-0.25, -0.2) is 8.42 Å². The van der Waals surface area contributed by atoms with Crippen LogP contribution >= 0.6 is 0 Å². The molecule has 0 heterocycles. The quantitative estimate of drug-likeness (QED) is 0.866. The molecule has 0 saturated carbocycles. The van der Waals surface area contributed by atoms with Crippen LogP contribution in [0, 0.1) is 0 Å². The summed E-state index contributed by atoms with van der Waals surface area (Å²) in [4.78, 5) is 0. The maximum absolute atomic E-state index is 11.5. The summed E-state index contributed by atoms with van der Waals surface area (Å²) in [5.41, 5.74) is 2.06. The van der Waals surface area contributed by atoms with Gasteiger partial charge in [-0.1, -0.05) is 13.0 Å². The Morgan fingerprint density at radius 2 is 2.16 bits per heavy atom. The van der Waals surface area contributed by atoms with Crippen molar-refractivity contribution in [3.63, 3.8) is 0 Å². The Kier molecular flexibility index (Phi) is 4.47. The summed E-state index contributed by atoms with van der Waals surface area (Å²) < 4.78 is 28.6. The van der Waals surface area contributed by atoms with E-state index in [9.17, 15) is 13.5 Å². The molecule has 5 heteroatoms. The SMILES string of the molecule is CCCS(=O)(=O)CCOc1ccc2c(c1)CC[C@@H]2O. The molecule has 4 nitrogen and oxygen atoms in total. The van der Waals surface area contributed by atoms with Gasteiger partial charge in [-0.05, 0) is 42.5 Å². The van der Waals surface area contributed by atoms with Crippen LogP contribution in [0.4, 0.5) is 0 Å². The van der Waals surface area contributed by atoms with E-state index in [1.807, 2.05) is 19.1 Å². The maximum Gasteiger partial charge on any atom is 0.153 e. The Morgan fingerprint density at radius 1 is 1.37 bits per heavy atom. The van der Waals surface area contributed by atoms with E-state index < -0.39 is 9.84 Å². The van der Waals surface area contributed by atoms with E-state index in [0.29, 0.717) is 12.2 Å². The zero-order valence-corrected chi connectivity index (χ0v) is 11.9. The van der Waals surface area contributed by atoms with E-state index in [1.165, 1.54) is 0 Å². The van der Waals surface area contributed by atoms with Crippen molar-refractivity contribution in [1.82, 2.24) is 0 Å². The van der Waals surface area contributed by atoms with Gasteiger partial charge in [-0.3, -0.25) is 0 Å². The molecular formula is C14H20O4S. The maximum atomic E-state index is 11.5. The zero-order chi connectivity index (χ0) is 13.9. The highest BCUT2D eigenvalue weighted by Gasteiger charge is 2.20. The number of rotatable bonds is 6. The Bertz CT molecular complexity index is 536. The van der Waals surface area contributed by atoms with Crippen LogP contribution in [0.25, 0.3) is 0 Å². The highest BCUT2D eigenvalue weighted by atomic mass is 32.2. The lowest BCUT2D eigenvalue weighted by molar-refractivity contribution is 0.180. The second-order valence-corrected chi connectivity index (χ2v) is 7.22. The summed E-state index contributed by atoms with van der Waals surface area (Å²) in [6.07, 6.45) is 1.87. The minimum Gasteiger partial charge on any atom is -0.493 e. The fourth-order valence-corrected chi connectivity index (χ4v) is 3.52. The van der Waals surface area contributed by atoms with Gasteiger partial charge >= 0.3 is 0 Å². The lowest BCUT2D eigenvalue weighted by Gasteiger charge is -2.09. The van der Waals surface area contributed by atoms with Crippen molar-refractivity contribution in [1.29, 1.82) is 0 Å². The van der Waals surface area contributed by atoms with Crippen molar-refractivity contribution >= 4 is 9.84 Å². The zero-order valence-electron chi connectivity index (χ0n) is 11.1. The number of aliphatic hydroxyl groups is 1. The first-order valence-corrected chi connectivity index (χ1v) is 8.48. The summed E-state index contributed by atoms with van der Waals surface area (Å²) in [6, 6.07) is 5.56. The standard InChI is InChI=1S/C14H20O4S/c1-2-8-19(16,17)9-7-18-12-4-5-13-11(10-12)3-6-14(13)15/h4-5,10,14-15H,2-3,6-9H2,1H3/t14-/m0/s1. The van der Waals surface area contributed by atoms with Crippen LogP contribution in [0.5, 0.6) is 5.75 Å². The van der Waals surface area contributed by atoms with Gasteiger partial charge in [0.2, 0.25) is 0 Å². The van der Waals surface area contributed by atoms with E-state index in [4.69, 9.17) is 4.74 Å². The molecule has 19 heavy (non-hydrogen) atoms. The van der Waals surface area contributed by atoms with Crippen molar-refractivity contribution < 1.29 is 18.3 Å². The summed E-state index contributed by atoms with van der Waals surface area (Å²) in [7, 11) is -2.99. The molecule has 1 N–H and O–H groups in total. The fraction of sp³-hybridized carbons (Fsp3) is 0.571. The molecular weight excluding hydrogens is 264 g/mol. The van der Waals surface area contributed by atoms with Crippen LogP contribution in [0.2, 0.25) is 0 Å². The molecule has 1 aliphatic carbocycles. The summed E-state index contributed by atoms with van der Waals surface area (Å²) in [6.45, 7) is 2.04. The van der Waals surface area contributed by atoms with Crippen molar-refractivity contribution in [2.45, 2.75) is 32.3 Å². The highest BCUT2D eigenvalue weighted by Crippen LogP contribution is 2.33. The van der Waals surface area contributed by atoms with Gasteiger partial charge in [-0.15, -0.1) is 0 Å². The number of ether oxygens (including phenoxy) is 1. The molecule has 0 unspecified atom stereocenters. The molecule has 0 aromatic heterocycles. The summed E-state index contributed by atoms with van der Waals surface area (Å²) in [5.74, 6) is 0.951. The molecule has 0 radical (unpaired) electrons. The van der Waals surface area contributed by atoms with E-state index in [0.717, 1.165) is 24.0 Å². The normalized spacial score (nSPS) is 18.3. The third-order valence-corrected chi connectivity index (χ3v) is 5.16. The first-order chi connectivity index (χ1) is 9.02. The number of benzene rings is 1. The minimum absolute atomic E-state index is 0.0561. The van der Waals surface area contributed by atoms with E-state index in [1.54, 1.807) is 6.07 Å². The molecule has 0 aliphatic heterocycles. The largest absolute Gasteiger partial charge is 0.493 e. The summed E-state index contributed by atoms with van der Waals surface area (Å²) in [5, 5.41) is 9.69. The third kappa shape index (κ3) is 3.70. The molecule has 0 fully saturated rings. The van der Waals surface area contributed by atoms with Crippen molar-refractivity contribution in [2.24, 2.45) is 0 Å². The van der Waals surface area contributed by atoms with Gasteiger partial charge in [0, 0.05) is 0 Å². The molecule has 1 aromatic carbocycles. The minimum atomic E-state index is -2.99. The third-order valence-electron chi connectivity index (χ3n) is 3.34. The molecule has 0 amide bonds. The Morgan fingerprint density at radius 3 is 2.89 bits per heavy atom. The lowest BCUT2D eigenvalue weighted by Crippen LogP contribution is -2.16. The predicted octanol–water partition coefficient (Wildman–Crippen LogP) is 1.87. The molecule has 1 atom stereocenters. The van der Waals surface area contributed by atoms with Crippen LogP contribution in [0.3, 0.4) is 0 Å². The second kappa shape index (κ2) is 5.92. The fourth-order valence-electron chi connectivity index (χ4n) is 2.36. The number of hydrogen-bond acceptors (Lipinski definition) is 4. The molecule has 2 rings (SSSR count). The molecule has 1 aromatic rings. The number of aliphatic hydroxyl groups excluding tert-OH is 1. The Balaban J connectivity index is 1.91. The van der Waals surface area contributed by atoms with E-state index in [2.05, 4.69) is 0 Å². The number of hydrogen-bond donors (Lipinski definition) is 1. The highest BCUT2D eigenvalue weighted by molar-refractivity contribution is 7.91. The van der Waals surface area contributed by atoms with Crippen LogP contribution in [-0.2, 0) is 16.3 Å². The first-order valence-electron chi connectivity index (χ1n) is 6.66. The van der Waals surface area contributed by atoms with Crippen LogP contribution in [0.15, 0.2) is 18.2 Å². The average Bonchev–Trinajstić information content (AvgIpc) is 2.70. The van der Waals surface area contributed by atoms with Gasteiger partial charge in [0.15, 0.2) is 9.84 Å². The van der Waals surface area contributed by atoms with Gasteiger partial charge in [0.05, 0.1) is 17.6 Å². The Hall–Kier alpha value is -1.07.